The molecule has 0 aliphatic heterocycles. The lowest BCUT2D eigenvalue weighted by molar-refractivity contribution is -0.882. The van der Waals surface area contributed by atoms with Gasteiger partial charge in [0.05, 0.1) is 34.2 Å². The van der Waals surface area contributed by atoms with E-state index in [-0.39, 0.29) is 25.7 Å². The standard InChI is InChI=1S/C11H20NO3.CH4/c1-9(2)10(13)6-7-12(3,4)8-11(14)15-5;/h1,6-8H2,2-5H3;1H4/q+1;. The molecule has 0 fully saturated rings. The van der Waals surface area contributed by atoms with Gasteiger partial charge in [-0.2, -0.15) is 0 Å². The summed E-state index contributed by atoms with van der Waals surface area (Å²) in [5.74, 6) is -0.214. The lowest BCUT2D eigenvalue weighted by Gasteiger charge is -2.27. The third kappa shape index (κ3) is 7.17. The van der Waals surface area contributed by atoms with Crippen LogP contribution in [0.3, 0.4) is 0 Å². The number of hydrogen-bond acceptors (Lipinski definition) is 3. The molecule has 94 valence electrons. The van der Waals surface area contributed by atoms with Crippen molar-refractivity contribution in [3.8, 4) is 0 Å². The van der Waals surface area contributed by atoms with Gasteiger partial charge in [-0.05, 0) is 12.5 Å². The van der Waals surface area contributed by atoms with Crippen LogP contribution in [0.25, 0.3) is 0 Å². The number of ketones is 1. The number of ether oxygens (including phenoxy) is 1. The molecule has 0 radical (unpaired) electrons. The number of nitrogens with zero attached hydrogens (tertiary/aromatic N) is 1. The lowest BCUT2D eigenvalue weighted by atomic mass is 10.1. The fourth-order valence-electron chi connectivity index (χ4n) is 1.11. The smallest absolute Gasteiger partial charge is 0.361 e. The zero-order valence-electron chi connectivity index (χ0n) is 10.0. The van der Waals surface area contributed by atoms with Crippen LogP contribution < -0.4 is 0 Å². The Balaban J connectivity index is 0. The highest BCUT2D eigenvalue weighted by Gasteiger charge is 2.21. The van der Waals surface area contributed by atoms with Gasteiger partial charge in [-0.3, -0.25) is 4.79 Å². The summed E-state index contributed by atoms with van der Waals surface area (Å²) in [5.41, 5.74) is 0.563. The van der Waals surface area contributed by atoms with Crippen LogP contribution in [0.15, 0.2) is 12.2 Å². The van der Waals surface area contributed by atoms with Crippen LogP contribution in [0.5, 0.6) is 0 Å². The molecule has 0 amide bonds. The zero-order valence-corrected chi connectivity index (χ0v) is 10.0. The quantitative estimate of drug-likeness (QED) is 0.393. The first-order valence-electron chi connectivity index (χ1n) is 4.86. The Bertz CT molecular complexity index is 269. The summed E-state index contributed by atoms with van der Waals surface area (Å²) in [6, 6.07) is 0. The van der Waals surface area contributed by atoms with Crippen molar-refractivity contribution >= 4 is 11.8 Å². The second kappa shape index (κ2) is 7.17. The number of Topliss-reactive ketones (excluding diaryl/α,β-unsaturated/α-hetero) is 1. The number of rotatable bonds is 6. The van der Waals surface area contributed by atoms with Gasteiger partial charge in [0.25, 0.3) is 0 Å². The molecular weight excluding hydrogens is 206 g/mol. The van der Waals surface area contributed by atoms with Gasteiger partial charge in [0.15, 0.2) is 12.3 Å². The highest BCUT2D eigenvalue weighted by molar-refractivity contribution is 5.94. The lowest BCUT2D eigenvalue weighted by Crippen LogP contribution is -2.45. The van der Waals surface area contributed by atoms with Crippen molar-refractivity contribution in [3.05, 3.63) is 12.2 Å². The molecular formula is C12H24NO3+. The van der Waals surface area contributed by atoms with Crippen LogP contribution in [0, 0.1) is 0 Å². The molecule has 0 aromatic carbocycles. The third-order valence-electron chi connectivity index (χ3n) is 2.21. The predicted molar refractivity (Wildman–Crippen MR) is 65.0 cm³/mol. The molecule has 0 saturated carbocycles. The molecule has 0 aromatic heterocycles. The Hall–Kier alpha value is -1.16. The molecule has 0 aliphatic carbocycles. The van der Waals surface area contributed by atoms with Gasteiger partial charge in [0.1, 0.15) is 0 Å². The first kappa shape index (κ1) is 17.2. The van der Waals surface area contributed by atoms with Crippen LogP contribution in [-0.4, -0.2) is 50.5 Å². The Kier molecular flexibility index (Phi) is 7.73. The minimum Gasteiger partial charge on any atom is -0.465 e. The summed E-state index contributed by atoms with van der Waals surface area (Å²) in [6.07, 6.45) is 0.416. The monoisotopic (exact) mass is 230 g/mol. The van der Waals surface area contributed by atoms with Gasteiger partial charge in [-0.1, -0.05) is 14.0 Å². The summed E-state index contributed by atoms with van der Waals surface area (Å²) in [6.45, 7) is 6.17. The highest BCUT2D eigenvalue weighted by atomic mass is 16.5. The van der Waals surface area contributed by atoms with Gasteiger partial charge in [-0.25, -0.2) is 4.79 Å². The van der Waals surface area contributed by atoms with Crippen molar-refractivity contribution < 1.29 is 18.8 Å². The molecule has 16 heavy (non-hydrogen) atoms. The largest absolute Gasteiger partial charge is 0.465 e. The maximum atomic E-state index is 11.3. The van der Waals surface area contributed by atoms with E-state index >= 15 is 0 Å². The number of carbonyl (C=O) groups is 2. The fourth-order valence-corrected chi connectivity index (χ4v) is 1.11. The topological polar surface area (TPSA) is 43.4 Å². The SMILES string of the molecule is C.C=C(C)C(=O)CC[N+](C)(C)CC(=O)OC. The normalized spacial score (nSPS) is 10.2. The van der Waals surface area contributed by atoms with Crippen molar-refractivity contribution in [2.75, 3.05) is 34.3 Å². The zero-order chi connectivity index (χ0) is 12.1. The minimum atomic E-state index is -0.261. The molecule has 0 N–H and O–H groups in total. The average molecular weight is 230 g/mol. The second-order valence-electron chi connectivity index (χ2n) is 4.35. The van der Waals surface area contributed by atoms with E-state index in [1.54, 1.807) is 6.92 Å². The van der Waals surface area contributed by atoms with Crippen LogP contribution in [-0.2, 0) is 14.3 Å². The Labute approximate surface area is 98.5 Å². The van der Waals surface area contributed by atoms with Crippen molar-refractivity contribution in [2.24, 2.45) is 0 Å². The van der Waals surface area contributed by atoms with Crippen molar-refractivity contribution in [1.29, 1.82) is 0 Å². The second-order valence-corrected chi connectivity index (χ2v) is 4.35. The van der Waals surface area contributed by atoms with E-state index in [4.69, 9.17) is 0 Å². The highest BCUT2D eigenvalue weighted by Crippen LogP contribution is 2.03. The Morgan fingerprint density at radius 2 is 1.81 bits per heavy atom. The molecule has 0 saturated heterocycles. The summed E-state index contributed by atoms with van der Waals surface area (Å²) in [7, 11) is 5.15. The number of likely N-dealkylation sites (N-methyl/N-ethyl adjacent to an activating group) is 1. The molecule has 0 rings (SSSR count). The first-order chi connectivity index (χ1) is 6.78. The van der Waals surface area contributed by atoms with E-state index in [0.29, 0.717) is 23.0 Å². The van der Waals surface area contributed by atoms with E-state index in [2.05, 4.69) is 11.3 Å². The van der Waals surface area contributed by atoms with Crippen LogP contribution in [0.4, 0.5) is 0 Å². The number of allylic oxidation sites excluding steroid dienone is 1. The molecule has 4 heteroatoms. The number of methoxy groups -OCH3 is 1. The van der Waals surface area contributed by atoms with Crippen molar-refractivity contribution in [2.45, 2.75) is 20.8 Å². The van der Waals surface area contributed by atoms with E-state index in [1.165, 1.54) is 7.11 Å². The van der Waals surface area contributed by atoms with Crippen LogP contribution in [0.2, 0.25) is 0 Å². The summed E-state index contributed by atoms with van der Waals surface area (Å²) < 4.78 is 5.03. The molecule has 0 aromatic rings. The van der Waals surface area contributed by atoms with Crippen LogP contribution in [0.1, 0.15) is 20.8 Å². The van der Waals surface area contributed by atoms with E-state index in [9.17, 15) is 9.59 Å². The Morgan fingerprint density at radius 1 is 1.31 bits per heavy atom. The number of esters is 1. The summed E-state index contributed by atoms with van der Waals surface area (Å²) in [4.78, 5) is 22.4. The molecule has 0 spiro atoms. The van der Waals surface area contributed by atoms with Crippen molar-refractivity contribution in [1.82, 2.24) is 0 Å². The maximum Gasteiger partial charge on any atom is 0.361 e. The van der Waals surface area contributed by atoms with Gasteiger partial charge < -0.3 is 9.22 Å². The summed E-state index contributed by atoms with van der Waals surface area (Å²) >= 11 is 0. The van der Waals surface area contributed by atoms with E-state index in [0.717, 1.165) is 0 Å². The van der Waals surface area contributed by atoms with Gasteiger partial charge in [-0.15, -0.1) is 0 Å². The molecule has 0 heterocycles. The minimum absolute atomic E-state index is 0. The maximum absolute atomic E-state index is 11.3. The van der Waals surface area contributed by atoms with Crippen molar-refractivity contribution in [3.63, 3.8) is 0 Å². The van der Waals surface area contributed by atoms with E-state index in [1.807, 2.05) is 14.1 Å². The van der Waals surface area contributed by atoms with Crippen LogP contribution >= 0.6 is 0 Å². The van der Waals surface area contributed by atoms with Gasteiger partial charge in [0, 0.05) is 0 Å². The molecule has 0 atom stereocenters. The van der Waals surface area contributed by atoms with Gasteiger partial charge in [0.2, 0.25) is 0 Å². The fraction of sp³-hybridized carbons (Fsp3) is 0.667. The average Bonchev–Trinajstić information content (AvgIpc) is 2.13. The molecule has 4 nitrogen and oxygen atoms in total. The molecule has 0 bridgehead atoms. The first-order valence-corrected chi connectivity index (χ1v) is 4.86. The number of quaternary nitrogens is 1. The number of hydrogen-bond donors (Lipinski definition) is 0. The van der Waals surface area contributed by atoms with Gasteiger partial charge >= 0.3 is 5.97 Å². The predicted octanol–water partition coefficient (Wildman–Crippen LogP) is 1.41. The third-order valence-corrected chi connectivity index (χ3v) is 2.21. The molecule has 0 aliphatic rings. The molecule has 0 unspecified atom stereocenters. The Morgan fingerprint density at radius 3 is 2.19 bits per heavy atom. The number of carbonyl (C=O) groups excluding carboxylic acids is 2. The summed E-state index contributed by atoms with van der Waals surface area (Å²) in [5, 5.41) is 0. The van der Waals surface area contributed by atoms with E-state index < -0.39 is 0 Å².